The van der Waals surface area contributed by atoms with Crippen LogP contribution in [0.2, 0.25) is 0 Å². The van der Waals surface area contributed by atoms with E-state index in [2.05, 4.69) is 23.0 Å². The summed E-state index contributed by atoms with van der Waals surface area (Å²) in [6.07, 6.45) is 4.68. The number of hydrogen-bond acceptors (Lipinski definition) is 4. The molecule has 0 saturated heterocycles. The minimum Gasteiger partial charge on any atom is -0.384 e. The molecule has 0 aromatic carbocycles. The van der Waals surface area contributed by atoms with E-state index in [1.807, 2.05) is 13.8 Å². The van der Waals surface area contributed by atoms with E-state index in [1.165, 1.54) is 0 Å². The summed E-state index contributed by atoms with van der Waals surface area (Å²) in [6, 6.07) is 0. The molecular formula is C20H25N5O. The molecule has 0 unspecified atom stereocenters. The zero-order valence-electron chi connectivity index (χ0n) is 18.3. The van der Waals surface area contributed by atoms with E-state index < -0.39 is 12.8 Å². The Labute approximate surface area is 157 Å². The van der Waals surface area contributed by atoms with Crippen LogP contribution in [0.3, 0.4) is 0 Å². The third-order valence-corrected chi connectivity index (χ3v) is 5.52. The van der Waals surface area contributed by atoms with Crippen LogP contribution in [0.4, 0.5) is 5.82 Å². The van der Waals surface area contributed by atoms with Crippen LogP contribution in [-0.2, 0) is 0 Å². The number of aryl methyl sites for hydroxylation is 1. The van der Waals surface area contributed by atoms with Gasteiger partial charge in [0.1, 0.15) is 16.9 Å². The van der Waals surface area contributed by atoms with Crippen molar-refractivity contribution in [1.29, 1.82) is 0 Å². The van der Waals surface area contributed by atoms with Crippen LogP contribution in [0.1, 0.15) is 71.8 Å². The Bertz CT molecular complexity index is 1110. The molecular weight excluding hydrogens is 326 g/mol. The Morgan fingerprint density at radius 3 is 2.69 bits per heavy atom. The van der Waals surface area contributed by atoms with Gasteiger partial charge in [-0.2, -0.15) is 0 Å². The Morgan fingerprint density at radius 1 is 1.35 bits per heavy atom. The summed E-state index contributed by atoms with van der Waals surface area (Å²) in [6.45, 7) is 3.66. The lowest BCUT2D eigenvalue weighted by Crippen LogP contribution is -2.17. The number of nitrogens with two attached hydrogens (primary N) is 2. The number of carbonyl (C=O) groups is 1. The number of rotatable bonds is 3. The second-order valence-corrected chi connectivity index (χ2v) is 7.40. The second kappa shape index (κ2) is 5.69. The number of nitrogens with zero attached hydrogens (tertiary/aromatic N) is 3. The fourth-order valence-electron chi connectivity index (χ4n) is 3.82. The minimum atomic E-state index is -2.41. The Balaban J connectivity index is 2.13. The molecule has 6 heteroatoms. The highest BCUT2D eigenvalue weighted by Crippen LogP contribution is 2.43. The molecule has 1 amide bonds. The molecule has 2 heterocycles. The number of primary amides is 1. The van der Waals surface area contributed by atoms with E-state index in [0.29, 0.717) is 5.69 Å². The Morgan fingerprint density at radius 2 is 2.08 bits per heavy atom. The topological polar surface area (TPSA) is 99.8 Å². The summed E-state index contributed by atoms with van der Waals surface area (Å²) in [5.41, 5.74) is 16.2. The number of hydrogen-bond donors (Lipinski definition) is 2. The van der Waals surface area contributed by atoms with E-state index in [1.54, 1.807) is 4.57 Å². The van der Waals surface area contributed by atoms with Crippen molar-refractivity contribution in [2.45, 2.75) is 52.8 Å². The number of anilines is 1. The van der Waals surface area contributed by atoms with E-state index in [4.69, 9.17) is 15.6 Å². The molecule has 4 rings (SSSR count). The highest BCUT2D eigenvalue weighted by atomic mass is 16.1. The highest BCUT2D eigenvalue weighted by Gasteiger charge is 2.32. The zero-order chi connectivity index (χ0) is 21.2. The molecule has 2 aliphatic carbocycles. The number of carbonyl (C=O) groups excluding carboxylic acids is 1. The predicted octanol–water partition coefficient (Wildman–Crippen LogP) is 3.52. The highest BCUT2D eigenvalue weighted by molar-refractivity contribution is 6.10. The molecule has 1 atom stereocenters. The molecule has 0 aliphatic heterocycles. The van der Waals surface area contributed by atoms with Crippen molar-refractivity contribution in [2.75, 3.05) is 5.73 Å². The predicted molar refractivity (Wildman–Crippen MR) is 104 cm³/mol. The molecule has 2 aromatic heterocycles. The van der Waals surface area contributed by atoms with Gasteiger partial charge in [0.15, 0.2) is 5.65 Å². The van der Waals surface area contributed by atoms with E-state index in [9.17, 15) is 4.79 Å². The van der Waals surface area contributed by atoms with Gasteiger partial charge in [0.2, 0.25) is 0 Å². The molecule has 1 fully saturated rings. The SMILES string of the molecule is [2H]C([2H])([2H])c1nc2c(nc1C1CC1)c(C(N)=O)c(N)n2C1=C(C)C(C)=CC[C@H]1C. The normalized spacial score (nSPS) is 22.8. The Kier molecular flexibility index (Phi) is 2.97. The fourth-order valence-corrected chi connectivity index (χ4v) is 3.82. The van der Waals surface area contributed by atoms with Gasteiger partial charge in [0, 0.05) is 21.6 Å². The molecule has 0 bridgehead atoms. The number of aromatic nitrogens is 3. The third kappa shape index (κ3) is 2.35. The minimum absolute atomic E-state index is 0.0174. The van der Waals surface area contributed by atoms with Gasteiger partial charge in [-0.3, -0.25) is 9.36 Å². The molecule has 0 radical (unpaired) electrons. The van der Waals surface area contributed by atoms with E-state index >= 15 is 0 Å². The van der Waals surface area contributed by atoms with Crippen molar-refractivity contribution in [2.24, 2.45) is 11.7 Å². The average Bonchev–Trinajstić information content (AvgIpc) is 3.42. The molecule has 26 heavy (non-hydrogen) atoms. The largest absolute Gasteiger partial charge is 0.384 e. The third-order valence-electron chi connectivity index (χ3n) is 5.52. The van der Waals surface area contributed by atoms with E-state index in [-0.39, 0.29) is 40.1 Å². The van der Waals surface area contributed by atoms with Gasteiger partial charge in [0.25, 0.3) is 5.91 Å². The van der Waals surface area contributed by atoms with Crippen LogP contribution in [-0.4, -0.2) is 20.4 Å². The monoisotopic (exact) mass is 354 g/mol. The lowest BCUT2D eigenvalue weighted by atomic mass is 9.89. The van der Waals surface area contributed by atoms with Gasteiger partial charge in [-0.15, -0.1) is 0 Å². The summed E-state index contributed by atoms with van der Waals surface area (Å²) in [4.78, 5) is 21.4. The van der Waals surface area contributed by atoms with Crippen LogP contribution in [0.15, 0.2) is 17.2 Å². The van der Waals surface area contributed by atoms with Gasteiger partial charge in [-0.1, -0.05) is 18.6 Å². The molecule has 136 valence electrons. The first kappa shape index (κ1) is 13.6. The van der Waals surface area contributed by atoms with Crippen molar-refractivity contribution in [1.82, 2.24) is 14.5 Å². The quantitative estimate of drug-likeness (QED) is 0.881. The summed E-state index contributed by atoms with van der Waals surface area (Å²) >= 11 is 0. The summed E-state index contributed by atoms with van der Waals surface area (Å²) in [5.74, 6) is -0.378. The first-order valence-electron chi connectivity index (χ1n) is 10.4. The van der Waals surface area contributed by atoms with Gasteiger partial charge < -0.3 is 11.5 Å². The van der Waals surface area contributed by atoms with Crippen molar-refractivity contribution in [3.8, 4) is 0 Å². The average molecular weight is 354 g/mol. The van der Waals surface area contributed by atoms with Crippen molar-refractivity contribution in [3.63, 3.8) is 0 Å². The van der Waals surface area contributed by atoms with Crippen molar-refractivity contribution >= 4 is 28.6 Å². The van der Waals surface area contributed by atoms with Gasteiger partial charge in [0.05, 0.1) is 11.4 Å². The Hall–Kier alpha value is -2.63. The van der Waals surface area contributed by atoms with Crippen LogP contribution in [0.25, 0.3) is 16.9 Å². The van der Waals surface area contributed by atoms with Crippen LogP contribution in [0.5, 0.6) is 0 Å². The standard InChI is InChI=1S/C20H25N5O/c1-9-5-6-10(2)17(11(9)3)25-18(21)14(19(22)26)16-20(25)23-12(4)15(24-16)13-7-8-13/h5,10,13H,6-8,21H2,1-4H3,(H2,22,26)/t10-/m1/s1/i4D3. The lowest BCUT2D eigenvalue weighted by Gasteiger charge is -2.25. The fraction of sp³-hybridized carbons (Fsp3) is 0.450. The first-order chi connectivity index (χ1) is 13.5. The maximum atomic E-state index is 12.3. The van der Waals surface area contributed by atoms with Crippen LogP contribution < -0.4 is 11.5 Å². The van der Waals surface area contributed by atoms with Crippen molar-refractivity contribution in [3.05, 3.63) is 34.2 Å². The molecule has 0 spiro atoms. The maximum Gasteiger partial charge on any atom is 0.254 e. The summed E-state index contributed by atoms with van der Waals surface area (Å²) in [5, 5.41) is 0. The molecule has 4 N–H and O–H groups in total. The smallest absolute Gasteiger partial charge is 0.254 e. The number of nitrogen functional groups attached to an aromatic ring is 1. The zero-order valence-corrected chi connectivity index (χ0v) is 15.3. The van der Waals surface area contributed by atoms with Gasteiger partial charge in [-0.05, 0) is 45.5 Å². The molecule has 2 aromatic rings. The number of amides is 1. The maximum absolute atomic E-state index is 12.3. The van der Waals surface area contributed by atoms with Gasteiger partial charge >= 0.3 is 0 Å². The summed E-state index contributed by atoms with van der Waals surface area (Å²) < 4.78 is 25.6. The number of fused-ring (bicyclic) bond motifs is 1. The first-order valence-corrected chi connectivity index (χ1v) is 8.92. The molecule has 1 saturated carbocycles. The van der Waals surface area contributed by atoms with Crippen LogP contribution in [0, 0.1) is 12.8 Å². The number of allylic oxidation sites excluding steroid dienone is 4. The summed E-state index contributed by atoms with van der Waals surface area (Å²) in [7, 11) is 0. The van der Waals surface area contributed by atoms with Gasteiger partial charge in [-0.25, -0.2) is 9.97 Å². The van der Waals surface area contributed by atoms with E-state index in [0.717, 1.165) is 36.1 Å². The molecule has 2 aliphatic rings. The van der Waals surface area contributed by atoms with Crippen LogP contribution >= 0.6 is 0 Å². The van der Waals surface area contributed by atoms with Crippen molar-refractivity contribution < 1.29 is 8.91 Å². The lowest BCUT2D eigenvalue weighted by molar-refractivity contribution is 0.100. The molecule has 6 nitrogen and oxygen atoms in total. The second-order valence-electron chi connectivity index (χ2n) is 7.40.